The molecule has 16 heteroatoms. The van der Waals surface area contributed by atoms with Crippen LogP contribution in [0.25, 0.3) is 11.6 Å². The number of alkyl halides is 3. The lowest BCUT2D eigenvalue weighted by Crippen LogP contribution is -2.51. The minimum atomic E-state index is -10.0. The van der Waals surface area contributed by atoms with Crippen molar-refractivity contribution in [3.05, 3.63) is 47.8 Å². The van der Waals surface area contributed by atoms with Gasteiger partial charge in [0, 0.05) is 13.1 Å². The van der Waals surface area contributed by atoms with Gasteiger partial charge in [0.15, 0.2) is 17.3 Å². The number of hydrogen-bond acceptors (Lipinski definition) is 7. The number of anilines is 1. The summed E-state index contributed by atoms with van der Waals surface area (Å²) >= 11 is 0. The number of aliphatic hydroxyl groups is 1. The van der Waals surface area contributed by atoms with Crippen molar-refractivity contribution in [2.45, 2.75) is 35.9 Å². The maximum Gasteiger partial charge on any atom is 0.398 e. The predicted molar refractivity (Wildman–Crippen MR) is 108 cm³/mol. The number of hydrogen-bond donors (Lipinski definition) is 1. The summed E-state index contributed by atoms with van der Waals surface area (Å²) in [5, 5.41) is 20.3. The fourth-order valence-electron chi connectivity index (χ4n) is 3.91. The lowest BCUT2D eigenvalue weighted by molar-refractivity contribution is -0.196. The average Bonchev–Trinajstić information content (AvgIpc) is 3.27. The Balaban J connectivity index is 1.55. The minimum absolute atomic E-state index is 0.000679. The third kappa shape index (κ3) is 4.89. The third-order valence-electron chi connectivity index (χ3n) is 5.82. The average molecular weight is 531 g/mol. The lowest BCUT2D eigenvalue weighted by atomic mass is 9.72. The Kier molecular flexibility index (Phi) is 5.37. The van der Waals surface area contributed by atoms with Crippen LogP contribution in [-0.4, -0.2) is 44.7 Å². The van der Waals surface area contributed by atoms with Crippen LogP contribution in [0.3, 0.4) is 0 Å². The Morgan fingerprint density at radius 1 is 0.943 bits per heavy atom. The summed E-state index contributed by atoms with van der Waals surface area (Å²) in [5.74, 6) is 0.250. The van der Waals surface area contributed by atoms with Gasteiger partial charge in [0.1, 0.15) is 11.5 Å². The number of aliphatic hydroxyl groups excluding tert-OH is 1. The summed E-state index contributed by atoms with van der Waals surface area (Å²) in [6.45, 7) is -0.801. The zero-order valence-electron chi connectivity index (χ0n) is 17.5. The first-order valence-corrected chi connectivity index (χ1v) is 11.9. The smallest absolute Gasteiger partial charge is 0.388 e. The van der Waals surface area contributed by atoms with Gasteiger partial charge in [-0.05, 0) is 42.7 Å². The molecule has 4 rings (SSSR count). The van der Waals surface area contributed by atoms with Crippen LogP contribution in [-0.2, 0) is 12.0 Å². The SMILES string of the molecule is OCc1noc(-c2ccc(N3CCC(c4ccc(S(F)(F)(F)(F)F)cc4)(C(F)(F)F)CC3)nn2)n1. The van der Waals surface area contributed by atoms with E-state index in [-0.39, 0.29) is 48.4 Å². The second kappa shape index (κ2) is 7.49. The van der Waals surface area contributed by atoms with Crippen molar-refractivity contribution in [1.82, 2.24) is 20.3 Å². The number of benzene rings is 1. The van der Waals surface area contributed by atoms with Crippen LogP contribution in [0.4, 0.5) is 38.4 Å². The molecule has 2 aromatic heterocycles. The molecule has 1 N–H and O–H groups in total. The van der Waals surface area contributed by atoms with Crippen molar-refractivity contribution in [2.75, 3.05) is 18.0 Å². The zero-order chi connectivity index (χ0) is 25.8. The second-order valence-electron chi connectivity index (χ2n) is 8.01. The van der Waals surface area contributed by atoms with Crippen molar-refractivity contribution in [3.8, 4) is 11.6 Å². The van der Waals surface area contributed by atoms with E-state index in [1.165, 1.54) is 17.0 Å². The number of nitrogens with zero attached hydrogens (tertiary/aromatic N) is 5. The minimum Gasteiger partial charge on any atom is -0.388 e. The van der Waals surface area contributed by atoms with Gasteiger partial charge in [-0.3, -0.25) is 0 Å². The maximum atomic E-state index is 14.1. The lowest BCUT2D eigenvalue weighted by Gasteiger charge is -2.44. The highest BCUT2D eigenvalue weighted by molar-refractivity contribution is 8.45. The molecule has 1 saturated heterocycles. The van der Waals surface area contributed by atoms with Gasteiger partial charge in [0.05, 0.1) is 5.41 Å². The maximum absolute atomic E-state index is 14.1. The molecular formula is C19H17F8N5O2S. The standard InChI is InChI=1S/C19H17F8N5O2S/c20-19(21,22)18(12-1-3-13(4-2-12)35(23,24,25,26)27)7-9-32(10-8-18)16-6-5-14(29-30-16)17-28-15(11-33)31-34-17/h1-6,33H,7-11H2. The first-order valence-electron chi connectivity index (χ1n) is 9.96. The summed E-state index contributed by atoms with van der Waals surface area (Å²) in [6.07, 6.45) is -5.92. The van der Waals surface area contributed by atoms with Crippen LogP contribution in [0.2, 0.25) is 0 Å². The van der Waals surface area contributed by atoms with Crippen LogP contribution in [0.15, 0.2) is 45.8 Å². The molecule has 1 aromatic carbocycles. The molecule has 1 aliphatic heterocycles. The van der Waals surface area contributed by atoms with Gasteiger partial charge in [0.2, 0.25) is 0 Å². The molecule has 192 valence electrons. The normalized spacial score (nSPS) is 18.7. The van der Waals surface area contributed by atoms with Crippen LogP contribution in [0, 0.1) is 0 Å². The molecule has 0 saturated carbocycles. The molecule has 1 fully saturated rings. The number of piperidine rings is 1. The molecule has 0 atom stereocenters. The van der Waals surface area contributed by atoms with Gasteiger partial charge in [-0.15, -0.1) is 10.2 Å². The van der Waals surface area contributed by atoms with Gasteiger partial charge in [0.25, 0.3) is 5.89 Å². The zero-order valence-corrected chi connectivity index (χ0v) is 18.3. The third-order valence-corrected chi connectivity index (χ3v) is 6.98. The van der Waals surface area contributed by atoms with E-state index in [9.17, 15) is 32.6 Å². The molecule has 0 spiro atoms. The Hall–Kier alpha value is -3.01. The van der Waals surface area contributed by atoms with E-state index in [1.807, 2.05) is 0 Å². The van der Waals surface area contributed by atoms with Gasteiger partial charge >= 0.3 is 16.4 Å². The molecule has 0 radical (unpaired) electrons. The van der Waals surface area contributed by atoms with Crippen LogP contribution < -0.4 is 4.90 Å². The first kappa shape index (κ1) is 25.1. The van der Waals surface area contributed by atoms with E-state index in [0.29, 0.717) is 12.1 Å². The Morgan fingerprint density at radius 3 is 2.03 bits per heavy atom. The molecule has 35 heavy (non-hydrogen) atoms. The predicted octanol–water partition coefficient (Wildman–Crippen LogP) is 5.78. The molecule has 0 amide bonds. The van der Waals surface area contributed by atoms with E-state index < -0.39 is 51.7 Å². The summed E-state index contributed by atoms with van der Waals surface area (Å²) in [7, 11) is -10.0. The van der Waals surface area contributed by atoms with Crippen molar-refractivity contribution in [2.24, 2.45) is 0 Å². The molecule has 0 aliphatic carbocycles. The molecule has 7 nitrogen and oxygen atoms in total. The number of rotatable bonds is 5. The molecule has 1 aliphatic rings. The van der Waals surface area contributed by atoms with Crippen molar-refractivity contribution in [1.29, 1.82) is 0 Å². The Bertz CT molecular complexity index is 1210. The fraction of sp³-hybridized carbons (Fsp3) is 0.368. The highest BCUT2D eigenvalue weighted by atomic mass is 32.5. The molecule has 3 aromatic rings. The van der Waals surface area contributed by atoms with Crippen molar-refractivity contribution in [3.63, 3.8) is 0 Å². The molecular weight excluding hydrogens is 514 g/mol. The molecule has 0 unspecified atom stereocenters. The number of aromatic nitrogens is 4. The Morgan fingerprint density at radius 2 is 1.57 bits per heavy atom. The molecule has 0 bridgehead atoms. The first-order chi connectivity index (χ1) is 16.0. The topological polar surface area (TPSA) is 88.2 Å². The largest absolute Gasteiger partial charge is 0.398 e. The summed E-state index contributed by atoms with van der Waals surface area (Å²) in [5.41, 5.74) is -2.86. The van der Waals surface area contributed by atoms with Crippen LogP contribution in [0.1, 0.15) is 24.2 Å². The van der Waals surface area contributed by atoms with Gasteiger partial charge in [-0.25, -0.2) is 0 Å². The summed E-state index contributed by atoms with van der Waals surface area (Å²) in [4.78, 5) is 3.13. The second-order valence-corrected chi connectivity index (χ2v) is 10.4. The summed E-state index contributed by atoms with van der Waals surface area (Å²) < 4.78 is 112. The highest BCUT2D eigenvalue weighted by Gasteiger charge is 2.65. The van der Waals surface area contributed by atoms with Gasteiger partial charge in [-0.2, -0.15) is 18.2 Å². The van der Waals surface area contributed by atoms with E-state index in [0.717, 1.165) is 0 Å². The van der Waals surface area contributed by atoms with Gasteiger partial charge in [-0.1, -0.05) is 36.7 Å². The molecule has 3 heterocycles. The quantitative estimate of drug-likeness (QED) is 0.418. The highest BCUT2D eigenvalue weighted by Crippen LogP contribution is 3.02. The van der Waals surface area contributed by atoms with Crippen molar-refractivity contribution >= 4 is 16.0 Å². The fourth-order valence-corrected chi connectivity index (χ4v) is 4.57. The number of halogens is 8. The van der Waals surface area contributed by atoms with E-state index in [1.54, 1.807) is 0 Å². The summed E-state index contributed by atoms with van der Waals surface area (Å²) in [6, 6.07) is 3.85. The Labute approximate surface area is 192 Å². The van der Waals surface area contributed by atoms with Crippen LogP contribution in [0.5, 0.6) is 0 Å². The van der Waals surface area contributed by atoms with E-state index >= 15 is 0 Å². The van der Waals surface area contributed by atoms with E-state index in [2.05, 4.69) is 20.3 Å². The van der Waals surface area contributed by atoms with E-state index in [4.69, 9.17) is 9.63 Å². The monoisotopic (exact) mass is 531 g/mol. The van der Waals surface area contributed by atoms with Crippen molar-refractivity contribution < 1.29 is 42.2 Å². The van der Waals surface area contributed by atoms with Gasteiger partial charge < -0.3 is 14.5 Å². The van der Waals surface area contributed by atoms with Crippen LogP contribution >= 0.6 is 10.2 Å².